The molecule has 10 nitrogen and oxygen atoms in total. The van der Waals surface area contributed by atoms with Gasteiger partial charge in [0.1, 0.15) is 39.5 Å². The fourth-order valence-electron chi connectivity index (χ4n) is 12.3. The summed E-state index contributed by atoms with van der Waals surface area (Å²) < 4.78 is 23.5. The van der Waals surface area contributed by atoms with Crippen molar-refractivity contribution in [2.45, 2.75) is 387 Å². The van der Waals surface area contributed by atoms with Gasteiger partial charge < -0.3 is 19.3 Å². The number of nitrogens with zero attached hydrogens (tertiary/aromatic N) is 3. The van der Waals surface area contributed by atoms with Crippen molar-refractivity contribution >= 4 is 17.9 Å². The normalized spacial score (nSPS) is 11.6. The van der Waals surface area contributed by atoms with Gasteiger partial charge in [-0.25, -0.2) is 18.5 Å². The predicted molar refractivity (Wildman–Crippen MR) is 362 cm³/mol. The minimum atomic E-state index is -2.50. The van der Waals surface area contributed by atoms with Crippen LogP contribution < -0.4 is 13.7 Å². The minimum Gasteiger partial charge on any atom is -0.460 e. The molecule has 3 rings (SSSR count). The first kappa shape index (κ1) is 78.1. The summed E-state index contributed by atoms with van der Waals surface area (Å²) in [6.45, 7) is 9.24. The molecule has 0 aliphatic heterocycles. The zero-order valence-corrected chi connectivity index (χ0v) is 57.3. The Balaban J connectivity index is 1.44. The Morgan fingerprint density at radius 1 is 0.318 bits per heavy atom. The third-order valence-electron chi connectivity index (χ3n) is 18.0. The molecule has 3 aromatic rings. The zero-order valence-electron chi connectivity index (χ0n) is 57.3. The molecule has 0 saturated heterocycles. The molecule has 10 heteroatoms. The van der Waals surface area contributed by atoms with Crippen LogP contribution in [0.1, 0.15) is 359 Å². The SMILES string of the molecule is CCCCCCCCCCCCCCCCCC[n+]1cccc(COC(=O)CC(O)(CC(=O)OCc2ccc[n+](CCCCCCCCCCCCCCCCCC)c2)C(=O)OCc2ccc[n+](CCCCCCCCCCCCCCCCCC)c2)c1. The number of carbonyl (C=O) groups is 3. The van der Waals surface area contributed by atoms with Gasteiger partial charge in [-0.05, 0) is 37.5 Å². The topological polar surface area (TPSA) is 111 Å². The van der Waals surface area contributed by atoms with Gasteiger partial charge in [0.25, 0.3) is 0 Å². The third-order valence-corrected chi connectivity index (χ3v) is 18.0. The molecule has 0 fully saturated rings. The molecule has 0 amide bonds. The first-order valence-corrected chi connectivity index (χ1v) is 37.4. The number of aryl methyl sites for hydroxylation is 3. The molecular formula is C78H134N3O7+3. The fourth-order valence-corrected chi connectivity index (χ4v) is 12.3. The standard InChI is InChI=1S/C78H134N3O7/c1-4-7-10-13-16-19-22-25-28-31-34-37-40-43-46-49-58-79-61-52-55-72(66-79)69-86-75(82)64-78(85,77(84)88-71-74-57-54-63-81(68-74)60-51-48-45-42-39-36-33-30-27-24-21-18-15-12-9-6-3)65-76(83)87-70-73-56-53-62-80(67-73)59-50-47-44-41-38-35-32-29-26-23-20-17-14-11-8-5-2/h52-57,61-63,66-68,85H,4-51,58-60,64-65,69-71H2,1-3H3/q+3. The Kier molecular flexibility index (Phi) is 49.4. The molecule has 88 heavy (non-hydrogen) atoms. The van der Waals surface area contributed by atoms with E-state index < -0.39 is 36.4 Å². The van der Waals surface area contributed by atoms with E-state index in [1.54, 1.807) is 0 Å². The highest BCUT2D eigenvalue weighted by molar-refractivity contribution is 5.90. The first-order chi connectivity index (χ1) is 43.2. The monoisotopic (exact) mass is 1230 g/mol. The van der Waals surface area contributed by atoms with E-state index >= 15 is 0 Å². The van der Waals surface area contributed by atoms with Crippen molar-refractivity contribution < 1.29 is 47.4 Å². The summed E-state index contributed by atoms with van der Waals surface area (Å²) in [6, 6.07) is 11.5. The van der Waals surface area contributed by atoms with Crippen molar-refractivity contribution in [1.29, 1.82) is 0 Å². The van der Waals surface area contributed by atoms with Crippen LogP contribution in [-0.2, 0) is 68.0 Å². The van der Waals surface area contributed by atoms with Crippen LogP contribution in [0.3, 0.4) is 0 Å². The smallest absolute Gasteiger partial charge is 0.339 e. The summed E-state index contributed by atoms with van der Waals surface area (Å²) in [5.74, 6) is -2.69. The molecule has 0 atom stereocenters. The molecule has 0 spiro atoms. The van der Waals surface area contributed by atoms with Gasteiger partial charge in [0.2, 0.25) is 0 Å². The highest BCUT2D eigenvalue weighted by Crippen LogP contribution is 2.23. The van der Waals surface area contributed by atoms with E-state index in [0.717, 1.165) is 62.0 Å². The lowest BCUT2D eigenvalue weighted by Crippen LogP contribution is -2.45. The number of hydrogen-bond donors (Lipinski definition) is 1. The molecule has 0 saturated carbocycles. The van der Waals surface area contributed by atoms with Crippen molar-refractivity contribution in [2.24, 2.45) is 0 Å². The number of carbonyl (C=O) groups excluding carboxylic acids is 3. The summed E-state index contributed by atoms with van der Waals surface area (Å²) in [6.07, 6.45) is 74.3. The summed E-state index contributed by atoms with van der Waals surface area (Å²) in [4.78, 5) is 41.1. The molecular weight excluding hydrogens is 1090 g/mol. The number of aromatic nitrogens is 3. The van der Waals surface area contributed by atoms with Crippen molar-refractivity contribution in [3.63, 3.8) is 0 Å². The average molecular weight is 1230 g/mol. The number of pyridine rings is 3. The van der Waals surface area contributed by atoms with Crippen molar-refractivity contribution in [3.8, 4) is 0 Å². The zero-order chi connectivity index (χ0) is 62.9. The first-order valence-electron chi connectivity index (χ1n) is 37.4. The van der Waals surface area contributed by atoms with Crippen molar-refractivity contribution in [2.75, 3.05) is 0 Å². The Hall–Kier alpha value is -4.18. The second kappa shape index (κ2) is 55.6. The Labute approximate surface area is 539 Å². The number of aliphatic hydroxyl groups is 1. The molecule has 3 aromatic heterocycles. The Morgan fingerprint density at radius 3 is 0.750 bits per heavy atom. The van der Waals surface area contributed by atoms with E-state index in [0.29, 0.717) is 0 Å². The second-order valence-electron chi connectivity index (χ2n) is 26.5. The molecule has 0 bridgehead atoms. The average Bonchev–Trinajstić information content (AvgIpc) is 3.47. The van der Waals surface area contributed by atoms with E-state index in [9.17, 15) is 19.5 Å². The highest BCUT2D eigenvalue weighted by Gasteiger charge is 2.43. The van der Waals surface area contributed by atoms with Crippen LogP contribution in [-0.4, -0.2) is 28.6 Å². The van der Waals surface area contributed by atoms with Gasteiger partial charge in [0.15, 0.2) is 42.8 Å². The fraction of sp³-hybridized carbons (Fsp3) is 0.769. The van der Waals surface area contributed by atoms with Gasteiger partial charge in [-0.15, -0.1) is 0 Å². The number of rotatable bonds is 62. The molecule has 0 aliphatic carbocycles. The van der Waals surface area contributed by atoms with Gasteiger partial charge in [-0.2, -0.15) is 0 Å². The highest BCUT2D eigenvalue weighted by atomic mass is 16.6. The van der Waals surface area contributed by atoms with Crippen LogP contribution in [0.25, 0.3) is 0 Å². The molecule has 0 aromatic carbocycles. The summed E-state index contributed by atoms with van der Waals surface area (Å²) >= 11 is 0. The Bertz CT molecular complexity index is 2030. The molecule has 500 valence electrons. The maximum absolute atomic E-state index is 13.9. The van der Waals surface area contributed by atoms with Crippen LogP contribution in [0, 0.1) is 0 Å². The number of unbranched alkanes of at least 4 members (excludes halogenated alkanes) is 45. The lowest BCUT2D eigenvalue weighted by Gasteiger charge is -2.24. The van der Waals surface area contributed by atoms with E-state index in [1.807, 2.05) is 73.6 Å². The molecule has 0 aliphatic rings. The van der Waals surface area contributed by atoms with E-state index in [4.69, 9.17) is 14.2 Å². The van der Waals surface area contributed by atoms with Gasteiger partial charge in [-0.3, -0.25) is 9.59 Å². The van der Waals surface area contributed by atoms with Crippen LogP contribution in [0.2, 0.25) is 0 Å². The molecule has 1 N–H and O–H groups in total. The quantitative estimate of drug-likeness (QED) is 0.0259. The van der Waals surface area contributed by atoms with Gasteiger partial charge in [0, 0.05) is 37.5 Å². The lowest BCUT2D eigenvalue weighted by atomic mass is 9.95. The summed E-state index contributed by atoms with van der Waals surface area (Å²) in [7, 11) is 0. The van der Waals surface area contributed by atoms with Crippen LogP contribution in [0.4, 0.5) is 0 Å². The second-order valence-corrected chi connectivity index (χ2v) is 26.5. The van der Waals surface area contributed by atoms with Crippen LogP contribution >= 0.6 is 0 Å². The van der Waals surface area contributed by atoms with Crippen LogP contribution in [0.15, 0.2) is 73.6 Å². The van der Waals surface area contributed by atoms with E-state index in [2.05, 4.69) is 34.5 Å². The lowest BCUT2D eigenvalue weighted by molar-refractivity contribution is -0.698. The van der Waals surface area contributed by atoms with Gasteiger partial charge in [0.05, 0.1) is 29.5 Å². The molecule has 3 heterocycles. The van der Waals surface area contributed by atoms with Crippen molar-refractivity contribution in [3.05, 3.63) is 90.3 Å². The van der Waals surface area contributed by atoms with Gasteiger partial charge >= 0.3 is 17.9 Å². The predicted octanol–water partition coefficient (Wildman–Crippen LogP) is 20.4. The Morgan fingerprint density at radius 2 is 0.523 bits per heavy atom. The minimum absolute atomic E-state index is 0.0366. The molecule has 0 radical (unpaired) electrons. The number of hydrogen-bond acceptors (Lipinski definition) is 7. The van der Waals surface area contributed by atoms with E-state index in [-0.39, 0.29) is 19.8 Å². The van der Waals surface area contributed by atoms with Crippen LogP contribution in [0.5, 0.6) is 0 Å². The maximum Gasteiger partial charge on any atom is 0.339 e. The largest absolute Gasteiger partial charge is 0.460 e. The number of ether oxygens (including phenoxy) is 3. The van der Waals surface area contributed by atoms with Crippen molar-refractivity contribution in [1.82, 2.24) is 0 Å². The summed E-state index contributed by atoms with van der Waals surface area (Å²) in [5, 5.41) is 12.0. The maximum atomic E-state index is 13.9. The number of esters is 3. The molecule has 0 unspecified atom stereocenters. The summed E-state index contributed by atoms with van der Waals surface area (Å²) in [5.41, 5.74) is -0.163. The van der Waals surface area contributed by atoms with E-state index in [1.165, 1.54) is 283 Å². The van der Waals surface area contributed by atoms with Gasteiger partial charge in [-0.1, -0.05) is 290 Å². The third kappa shape index (κ3) is 43.5.